The highest BCUT2D eigenvalue weighted by atomic mass is 35.5. The molecule has 1 saturated heterocycles. The molecule has 21 heavy (non-hydrogen) atoms. The van der Waals surface area contributed by atoms with Crippen LogP contribution in [0, 0.1) is 0 Å². The average Bonchev–Trinajstić information content (AvgIpc) is 2.45. The van der Waals surface area contributed by atoms with Crippen LogP contribution in [-0.2, 0) is 0 Å². The second-order valence-electron chi connectivity index (χ2n) is 4.82. The minimum absolute atomic E-state index is 0. The fourth-order valence-electron chi connectivity index (χ4n) is 2.66. The van der Waals surface area contributed by atoms with Crippen molar-refractivity contribution in [1.29, 1.82) is 0 Å². The number of nitrogens with zero attached hydrogens (tertiary/aromatic N) is 1. The average molecular weight is 323 g/mol. The first-order valence-electron chi connectivity index (χ1n) is 6.72. The van der Waals surface area contributed by atoms with Crippen LogP contribution in [0.4, 0.5) is 8.78 Å². The summed E-state index contributed by atoms with van der Waals surface area (Å²) in [5.74, 6) is 0.461. The molecule has 0 aliphatic carbocycles. The van der Waals surface area contributed by atoms with E-state index in [-0.39, 0.29) is 24.6 Å². The van der Waals surface area contributed by atoms with Gasteiger partial charge in [-0.15, -0.1) is 12.4 Å². The molecule has 0 amide bonds. The molecule has 0 aromatic heterocycles. The number of nitrogens with one attached hydrogen (secondary N) is 1. The maximum absolute atomic E-state index is 12.9. The summed E-state index contributed by atoms with van der Waals surface area (Å²) in [4.78, 5) is 1.97. The molecule has 0 bridgehead atoms. The normalized spacial score (nSPS) is 17.3. The molecule has 7 heteroatoms. The number of hydrogen-bond acceptors (Lipinski definition) is 4. The molecule has 1 atom stereocenters. The first kappa shape index (κ1) is 17.9. The minimum atomic E-state index is -2.43. The molecular weight excluding hydrogens is 302 g/mol. The SMILES string of the molecule is COc1cccc(O)c1[C@H](CC(F)F)N1CCNCC1.Cl. The second kappa shape index (κ2) is 8.36. The summed E-state index contributed by atoms with van der Waals surface area (Å²) in [6.45, 7) is 2.87. The van der Waals surface area contributed by atoms with Crippen molar-refractivity contribution in [3.05, 3.63) is 23.8 Å². The lowest BCUT2D eigenvalue weighted by Crippen LogP contribution is -2.45. The molecule has 1 fully saturated rings. The summed E-state index contributed by atoms with van der Waals surface area (Å²) in [6, 6.07) is 4.32. The Morgan fingerprint density at radius 1 is 1.33 bits per heavy atom. The van der Waals surface area contributed by atoms with E-state index in [1.807, 2.05) is 4.90 Å². The predicted octanol–water partition coefficient (Wildman–Crippen LogP) is 2.42. The van der Waals surface area contributed by atoms with Gasteiger partial charge in [-0.3, -0.25) is 4.90 Å². The number of halogens is 3. The van der Waals surface area contributed by atoms with Crippen LogP contribution in [0.15, 0.2) is 18.2 Å². The van der Waals surface area contributed by atoms with Crippen LogP contribution in [0.2, 0.25) is 0 Å². The monoisotopic (exact) mass is 322 g/mol. The lowest BCUT2D eigenvalue weighted by atomic mass is 9.99. The number of benzene rings is 1. The van der Waals surface area contributed by atoms with Crippen molar-refractivity contribution in [2.75, 3.05) is 33.3 Å². The van der Waals surface area contributed by atoms with E-state index in [2.05, 4.69) is 5.32 Å². The lowest BCUT2D eigenvalue weighted by molar-refractivity contribution is 0.0719. The summed E-state index contributed by atoms with van der Waals surface area (Å²) >= 11 is 0. The smallest absolute Gasteiger partial charge is 0.240 e. The highest BCUT2D eigenvalue weighted by Crippen LogP contribution is 2.39. The summed E-state index contributed by atoms with van der Waals surface area (Å²) in [7, 11) is 1.48. The highest BCUT2D eigenvalue weighted by Gasteiger charge is 2.29. The van der Waals surface area contributed by atoms with E-state index in [0.717, 1.165) is 13.1 Å². The van der Waals surface area contributed by atoms with Crippen molar-refractivity contribution >= 4 is 12.4 Å². The number of phenols is 1. The summed E-state index contributed by atoms with van der Waals surface area (Å²) < 4.78 is 31.1. The van der Waals surface area contributed by atoms with E-state index >= 15 is 0 Å². The zero-order chi connectivity index (χ0) is 14.5. The maximum Gasteiger partial charge on any atom is 0.240 e. The first-order chi connectivity index (χ1) is 9.63. The lowest BCUT2D eigenvalue weighted by Gasteiger charge is -2.35. The van der Waals surface area contributed by atoms with Gasteiger partial charge >= 0.3 is 0 Å². The van der Waals surface area contributed by atoms with Gasteiger partial charge in [-0.25, -0.2) is 8.78 Å². The Morgan fingerprint density at radius 2 is 2.00 bits per heavy atom. The van der Waals surface area contributed by atoms with E-state index in [0.29, 0.717) is 24.4 Å². The number of alkyl halides is 2. The quantitative estimate of drug-likeness (QED) is 0.874. The molecule has 1 aromatic carbocycles. The number of ether oxygens (including phenoxy) is 1. The Kier molecular flexibility index (Phi) is 7.14. The molecule has 0 saturated carbocycles. The number of hydrogen-bond donors (Lipinski definition) is 2. The molecule has 0 unspecified atom stereocenters. The third-order valence-electron chi connectivity index (χ3n) is 3.59. The van der Waals surface area contributed by atoms with E-state index in [9.17, 15) is 13.9 Å². The van der Waals surface area contributed by atoms with Crippen molar-refractivity contribution in [2.45, 2.75) is 18.9 Å². The Hall–Kier alpha value is -1.11. The van der Waals surface area contributed by atoms with Crippen LogP contribution in [0.5, 0.6) is 11.5 Å². The molecule has 0 spiro atoms. The number of piperazine rings is 1. The fourth-order valence-corrected chi connectivity index (χ4v) is 2.66. The van der Waals surface area contributed by atoms with Gasteiger partial charge in [0.1, 0.15) is 11.5 Å². The summed E-state index contributed by atoms with van der Waals surface area (Å²) in [6.07, 6.45) is -2.74. The van der Waals surface area contributed by atoms with Crippen LogP contribution in [0.1, 0.15) is 18.0 Å². The zero-order valence-electron chi connectivity index (χ0n) is 11.9. The number of phenolic OH excluding ortho intramolecular Hbond substituents is 1. The van der Waals surface area contributed by atoms with Crippen molar-refractivity contribution in [3.63, 3.8) is 0 Å². The molecule has 1 aliphatic rings. The number of rotatable bonds is 5. The topological polar surface area (TPSA) is 44.7 Å². The van der Waals surface area contributed by atoms with Gasteiger partial charge in [-0.05, 0) is 12.1 Å². The van der Waals surface area contributed by atoms with E-state index < -0.39 is 12.5 Å². The van der Waals surface area contributed by atoms with Crippen LogP contribution >= 0.6 is 12.4 Å². The van der Waals surface area contributed by atoms with Crippen molar-refractivity contribution in [2.24, 2.45) is 0 Å². The van der Waals surface area contributed by atoms with Crippen LogP contribution in [0.3, 0.4) is 0 Å². The minimum Gasteiger partial charge on any atom is -0.507 e. The molecular formula is C14H21ClF2N2O2. The second-order valence-corrected chi connectivity index (χ2v) is 4.82. The van der Waals surface area contributed by atoms with Crippen LogP contribution in [-0.4, -0.2) is 49.7 Å². The standard InChI is InChI=1S/C14H20F2N2O2.ClH/c1-20-12-4-2-3-11(19)14(12)10(9-13(15)16)18-7-5-17-6-8-18;/h2-4,10,13,17,19H,5-9H2,1H3;1H/t10-;/m0./s1. The van der Waals surface area contributed by atoms with Gasteiger partial charge in [-0.2, -0.15) is 0 Å². The molecule has 2 N–H and O–H groups in total. The van der Waals surface area contributed by atoms with Gasteiger partial charge < -0.3 is 15.2 Å². The van der Waals surface area contributed by atoms with E-state index in [4.69, 9.17) is 4.74 Å². The number of methoxy groups -OCH3 is 1. The highest BCUT2D eigenvalue weighted by molar-refractivity contribution is 5.85. The van der Waals surface area contributed by atoms with Gasteiger partial charge in [0.25, 0.3) is 0 Å². The third kappa shape index (κ3) is 4.43. The van der Waals surface area contributed by atoms with E-state index in [1.54, 1.807) is 12.1 Å². The third-order valence-corrected chi connectivity index (χ3v) is 3.59. The van der Waals surface area contributed by atoms with Crippen molar-refractivity contribution in [1.82, 2.24) is 10.2 Å². The zero-order valence-corrected chi connectivity index (χ0v) is 12.7. The molecule has 2 rings (SSSR count). The Morgan fingerprint density at radius 3 is 2.57 bits per heavy atom. The van der Waals surface area contributed by atoms with Gasteiger partial charge in [0.05, 0.1) is 12.7 Å². The van der Waals surface area contributed by atoms with Gasteiger partial charge in [0.2, 0.25) is 6.43 Å². The predicted molar refractivity (Wildman–Crippen MR) is 79.7 cm³/mol. The van der Waals surface area contributed by atoms with Crippen molar-refractivity contribution < 1.29 is 18.6 Å². The van der Waals surface area contributed by atoms with E-state index in [1.165, 1.54) is 13.2 Å². The summed E-state index contributed by atoms with van der Waals surface area (Å²) in [5, 5.41) is 13.3. The molecule has 0 radical (unpaired) electrons. The van der Waals surface area contributed by atoms with Crippen LogP contribution in [0.25, 0.3) is 0 Å². The Labute approximate surface area is 129 Å². The fraction of sp³-hybridized carbons (Fsp3) is 0.571. The largest absolute Gasteiger partial charge is 0.507 e. The first-order valence-corrected chi connectivity index (χ1v) is 6.72. The van der Waals surface area contributed by atoms with Gasteiger partial charge in [-0.1, -0.05) is 6.07 Å². The molecule has 1 heterocycles. The molecule has 1 aliphatic heterocycles. The molecule has 1 aromatic rings. The Balaban J connectivity index is 0.00000220. The Bertz CT molecular complexity index is 443. The van der Waals surface area contributed by atoms with Gasteiger partial charge in [0.15, 0.2) is 0 Å². The molecule has 120 valence electrons. The molecule has 4 nitrogen and oxygen atoms in total. The summed E-state index contributed by atoms with van der Waals surface area (Å²) in [5.41, 5.74) is 0.456. The number of aromatic hydroxyl groups is 1. The van der Waals surface area contributed by atoms with Gasteiger partial charge in [0, 0.05) is 38.6 Å². The van der Waals surface area contributed by atoms with Crippen molar-refractivity contribution in [3.8, 4) is 11.5 Å². The van der Waals surface area contributed by atoms with Crippen LogP contribution < -0.4 is 10.1 Å². The maximum atomic E-state index is 12.9.